The van der Waals surface area contributed by atoms with E-state index in [2.05, 4.69) is 327 Å². The number of rotatable bonds is 9. The lowest BCUT2D eigenvalue weighted by Gasteiger charge is -2.42. The largest absolute Gasteiger partial charge is 0.310 e. The lowest BCUT2D eigenvalue weighted by atomic mass is 9.73. The van der Waals surface area contributed by atoms with E-state index in [1.165, 1.54) is 81.8 Å². The molecular formula is C79H72ClN3S. The first-order valence-electron chi connectivity index (χ1n) is 29.5. The fraction of sp³-hybridized carbons (Fsp3) is 0.190. The van der Waals surface area contributed by atoms with E-state index in [-0.39, 0.29) is 21.7 Å². The number of hydrogen-bond acceptors (Lipinski definition) is 4. The SMILES string of the molecule is CC(C)(C)c1ccc(N(c2ccc3c(c2)N(c2ccccc2)c2ccccc2C3(C)C)c2cc(C(C)(C)C)cc(N(c3ccc4c(-c5ccccc5)c5ccccc5c(-c5ccccc5)c4c3)c3csc4ccc(C(C)(C)C)cc34)c2Cl)cc1. The first-order chi connectivity index (χ1) is 40.3. The predicted octanol–water partition coefficient (Wildman–Crippen LogP) is 24.1. The Morgan fingerprint density at radius 1 is 0.381 bits per heavy atom. The highest BCUT2D eigenvalue weighted by molar-refractivity contribution is 7.17. The Balaban J connectivity index is 1.12. The summed E-state index contributed by atoms with van der Waals surface area (Å²) in [7, 11) is 0. The average Bonchev–Trinajstić information content (AvgIpc) is 1.01. The second-order valence-electron chi connectivity index (χ2n) is 26.4. The van der Waals surface area contributed by atoms with Crippen molar-refractivity contribution in [3.63, 3.8) is 0 Å². The fourth-order valence-corrected chi connectivity index (χ4v) is 14.0. The summed E-state index contributed by atoms with van der Waals surface area (Å²) in [6.45, 7) is 25.4. The molecule has 1 aliphatic rings. The van der Waals surface area contributed by atoms with E-state index < -0.39 is 0 Å². The number of anilines is 9. The summed E-state index contributed by atoms with van der Waals surface area (Å²) in [4.78, 5) is 7.34. The van der Waals surface area contributed by atoms with Crippen LogP contribution in [0.25, 0.3) is 53.9 Å². The number of thiophene rings is 1. The third-order valence-electron chi connectivity index (χ3n) is 17.4. The molecule has 0 spiro atoms. The summed E-state index contributed by atoms with van der Waals surface area (Å²) < 4.78 is 1.22. The van der Waals surface area contributed by atoms with E-state index in [9.17, 15) is 0 Å². The third kappa shape index (κ3) is 9.54. The third-order valence-corrected chi connectivity index (χ3v) is 18.7. The normalized spacial score (nSPS) is 13.3. The monoisotopic (exact) mass is 1130 g/mol. The van der Waals surface area contributed by atoms with Gasteiger partial charge in [-0.3, -0.25) is 0 Å². The number of hydrogen-bond donors (Lipinski definition) is 0. The van der Waals surface area contributed by atoms with Gasteiger partial charge >= 0.3 is 0 Å². The Kier molecular flexibility index (Phi) is 13.5. The quantitative estimate of drug-likeness (QED) is 0.133. The molecule has 0 atom stereocenters. The molecule has 0 aliphatic carbocycles. The molecule has 416 valence electrons. The van der Waals surface area contributed by atoms with E-state index in [4.69, 9.17) is 11.6 Å². The van der Waals surface area contributed by atoms with E-state index >= 15 is 0 Å². The van der Waals surface area contributed by atoms with Crippen LogP contribution in [-0.2, 0) is 21.7 Å². The Labute approximate surface area is 506 Å². The van der Waals surface area contributed by atoms with Crippen LogP contribution in [0.15, 0.2) is 236 Å². The van der Waals surface area contributed by atoms with Gasteiger partial charge in [-0.2, -0.15) is 0 Å². The maximum Gasteiger partial charge on any atom is 0.0887 e. The Bertz CT molecular complexity index is 4460. The minimum Gasteiger partial charge on any atom is -0.310 e. The van der Waals surface area contributed by atoms with Gasteiger partial charge in [0.15, 0.2) is 0 Å². The van der Waals surface area contributed by atoms with Crippen molar-refractivity contribution < 1.29 is 0 Å². The smallest absolute Gasteiger partial charge is 0.0887 e. The summed E-state index contributed by atoms with van der Waals surface area (Å²) in [5.74, 6) is 0. The van der Waals surface area contributed by atoms with Gasteiger partial charge in [0, 0.05) is 43.6 Å². The molecule has 0 fully saturated rings. The van der Waals surface area contributed by atoms with Gasteiger partial charge < -0.3 is 14.7 Å². The summed E-state index contributed by atoms with van der Waals surface area (Å²) in [6.07, 6.45) is 0. The van der Waals surface area contributed by atoms with Crippen molar-refractivity contribution in [2.45, 2.75) is 97.8 Å². The maximum absolute atomic E-state index is 8.56. The van der Waals surface area contributed by atoms with Crippen molar-refractivity contribution in [2.24, 2.45) is 0 Å². The van der Waals surface area contributed by atoms with Crippen molar-refractivity contribution in [2.75, 3.05) is 14.7 Å². The molecule has 0 bridgehead atoms. The first kappa shape index (κ1) is 54.8. The van der Waals surface area contributed by atoms with Crippen molar-refractivity contribution in [3.05, 3.63) is 269 Å². The summed E-state index contributed by atoms with van der Waals surface area (Å²) in [5, 5.41) is 8.97. The van der Waals surface area contributed by atoms with E-state index in [0.717, 1.165) is 51.1 Å². The maximum atomic E-state index is 8.56. The van der Waals surface area contributed by atoms with Crippen LogP contribution in [0.1, 0.15) is 104 Å². The van der Waals surface area contributed by atoms with Crippen LogP contribution in [0.3, 0.4) is 0 Å². The molecule has 0 amide bonds. The van der Waals surface area contributed by atoms with Crippen molar-refractivity contribution in [1.29, 1.82) is 0 Å². The number of nitrogens with zero attached hydrogens (tertiary/aromatic N) is 3. The van der Waals surface area contributed by atoms with Crippen LogP contribution in [0.2, 0.25) is 5.02 Å². The van der Waals surface area contributed by atoms with Crippen LogP contribution >= 0.6 is 22.9 Å². The number of para-hydroxylation sites is 2. The molecule has 12 aromatic rings. The zero-order chi connectivity index (χ0) is 58.5. The highest BCUT2D eigenvalue weighted by Crippen LogP contribution is 2.56. The summed E-state index contributed by atoms with van der Waals surface area (Å²) >= 11 is 10.4. The zero-order valence-electron chi connectivity index (χ0n) is 50.1. The molecule has 13 rings (SSSR count). The minimum atomic E-state index is -0.293. The second kappa shape index (κ2) is 20.7. The molecule has 11 aromatic carbocycles. The molecule has 1 aromatic heterocycles. The lowest BCUT2D eigenvalue weighted by Crippen LogP contribution is -2.30. The van der Waals surface area contributed by atoms with Gasteiger partial charge in [-0.15, -0.1) is 11.3 Å². The lowest BCUT2D eigenvalue weighted by molar-refractivity contribution is 0.590. The molecule has 2 heterocycles. The zero-order valence-corrected chi connectivity index (χ0v) is 51.7. The molecule has 5 heteroatoms. The number of fused-ring (bicyclic) bond motifs is 5. The van der Waals surface area contributed by atoms with Crippen LogP contribution in [0.4, 0.5) is 51.2 Å². The van der Waals surface area contributed by atoms with Gasteiger partial charge in [0.1, 0.15) is 0 Å². The molecular weight excluding hydrogens is 1060 g/mol. The Morgan fingerprint density at radius 2 is 0.869 bits per heavy atom. The molecule has 0 N–H and O–H groups in total. The molecule has 84 heavy (non-hydrogen) atoms. The molecule has 1 aliphatic heterocycles. The van der Waals surface area contributed by atoms with Gasteiger partial charge in [0.2, 0.25) is 0 Å². The van der Waals surface area contributed by atoms with Gasteiger partial charge in [-0.25, -0.2) is 0 Å². The van der Waals surface area contributed by atoms with Crippen molar-refractivity contribution >= 4 is 106 Å². The second-order valence-corrected chi connectivity index (χ2v) is 27.7. The van der Waals surface area contributed by atoms with Crippen LogP contribution in [-0.4, -0.2) is 0 Å². The highest BCUT2D eigenvalue weighted by Gasteiger charge is 2.38. The first-order valence-corrected chi connectivity index (χ1v) is 30.8. The van der Waals surface area contributed by atoms with Gasteiger partial charge in [-0.1, -0.05) is 239 Å². The fourth-order valence-electron chi connectivity index (χ4n) is 12.8. The Hall–Kier alpha value is -8.41. The van der Waals surface area contributed by atoms with Gasteiger partial charge in [0.25, 0.3) is 0 Å². The molecule has 0 saturated heterocycles. The number of halogens is 1. The predicted molar refractivity (Wildman–Crippen MR) is 365 cm³/mol. The standard InChI is InChI=1S/C79H72ClN3S/c1-76(2,3)53-35-38-57(39-36-53)81(59-41-43-66-68(49-59)82(56-29-19-14-20-30-56)67-34-24-23-33-65(67)79(66,10)11)69-46-55(78(7,8)9)47-70(75(69)80)83(71-50-84-72-44-37-54(45-64(71)72)77(4,5)6)58-40-42-62-63(48-58)74(52-27-17-13-18-28-52)61-32-22-21-31-60(61)73(62)51-25-15-12-16-26-51/h12-50H,1-11H3. The van der Waals surface area contributed by atoms with Crippen LogP contribution in [0, 0.1) is 0 Å². The topological polar surface area (TPSA) is 9.72 Å². The van der Waals surface area contributed by atoms with Gasteiger partial charge in [-0.05, 0) is 167 Å². The molecule has 0 saturated carbocycles. The van der Waals surface area contributed by atoms with E-state index in [1.807, 2.05) is 0 Å². The van der Waals surface area contributed by atoms with Crippen molar-refractivity contribution in [1.82, 2.24) is 0 Å². The summed E-state index contributed by atoms with van der Waals surface area (Å²) in [6, 6.07) is 85.6. The summed E-state index contributed by atoms with van der Waals surface area (Å²) in [5.41, 5.74) is 19.7. The Morgan fingerprint density at radius 3 is 1.49 bits per heavy atom. The average molecular weight is 1130 g/mol. The van der Waals surface area contributed by atoms with Crippen LogP contribution < -0.4 is 14.7 Å². The number of benzene rings is 11. The molecule has 0 unspecified atom stereocenters. The van der Waals surface area contributed by atoms with Crippen molar-refractivity contribution in [3.8, 4) is 22.3 Å². The van der Waals surface area contributed by atoms with Crippen LogP contribution in [0.5, 0.6) is 0 Å². The van der Waals surface area contributed by atoms with E-state index in [0.29, 0.717) is 5.02 Å². The van der Waals surface area contributed by atoms with E-state index in [1.54, 1.807) is 11.3 Å². The van der Waals surface area contributed by atoms with Gasteiger partial charge in [0.05, 0.1) is 33.5 Å². The molecule has 0 radical (unpaired) electrons. The minimum absolute atomic E-state index is 0.0493. The molecule has 3 nitrogen and oxygen atoms in total. The highest BCUT2D eigenvalue weighted by atomic mass is 35.5.